The van der Waals surface area contributed by atoms with Crippen LogP contribution in [0.5, 0.6) is 0 Å². The molecule has 0 heterocycles. The molecule has 1 aromatic rings. The van der Waals surface area contributed by atoms with E-state index in [2.05, 4.69) is 17.4 Å². The van der Waals surface area contributed by atoms with Crippen LogP contribution in [0.15, 0.2) is 24.3 Å². The van der Waals surface area contributed by atoms with Crippen LogP contribution in [-0.4, -0.2) is 6.04 Å². The third-order valence-corrected chi connectivity index (χ3v) is 3.32. The molecule has 1 N–H and O–H groups in total. The Bertz CT molecular complexity index is 286. The minimum atomic E-state index is 0.661. The maximum Gasteiger partial charge on any atom is 0.0407 e. The topological polar surface area (TPSA) is 12.0 Å². The molecule has 0 bridgehead atoms. The Hall–Kier alpha value is -0.690. The van der Waals surface area contributed by atoms with Crippen molar-refractivity contribution in [2.75, 3.05) is 5.32 Å². The van der Waals surface area contributed by atoms with Gasteiger partial charge in [-0.15, -0.1) is 0 Å². The summed E-state index contributed by atoms with van der Waals surface area (Å²) < 4.78 is 0. The molecule has 2 heteroatoms. The summed E-state index contributed by atoms with van der Waals surface area (Å²) >= 11 is 5.85. The minimum Gasteiger partial charge on any atom is -0.382 e. The lowest BCUT2D eigenvalue weighted by atomic mass is 10.1. The first-order valence-electron chi connectivity index (χ1n) is 5.87. The lowest BCUT2D eigenvalue weighted by Crippen LogP contribution is -2.17. The van der Waals surface area contributed by atoms with Gasteiger partial charge in [-0.05, 0) is 37.1 Å². The van der Waals surface area contributed by atoms with E-state index in [-0.39, 0.29) is 0 Å². The Morgan fingerprint density at radius 1 is 0.933 bits per heavy atom. The van der Waals surface area contributed by atoms with Gasteiger partial charge in [0.25, 0.3) is 0 Å². The molecule has 0 atom stereocenters. The normalized spacial score (nSPS) is 18.5. The van der Waals surface area contributed by atoms with Crippen LogP contribution in [0, 0.1) is 0 Å². The molecule has 0 saturated heterocycles. The molecule has 0 radical (unpaired) electrons. The first-order valence-corrected chi connectivity index (χ1v) is 6.24. The van der Waals surface area contributed by atoms with Gasteiger partial charge in [-0.2, -0.15) is 0 Å². The van der Waals surface area contributed by atoms with Crippen LogP contribution < -0.4 is 5.32 Å². The summed E-state index contributed by atoms with van der Waals surface area (Å²) in [4.78, 5) is 0. The summed E-state index contributed by atoms with van der Waals surface area (Å²) in [6.07, 6.45) is 8.15. The second-order valence-electron chi connectivity index (χ2n) is 4.34. The van der Waals surface area contributed by atoms with Gasteiger partial charge in [-0.25, -0.2) is 0 Å². The molecule has 2 rings (SSSR count). The van der Waals surface area contributed by atoms with Gasteiger partial charge in [0, 0.05) is 16.8 Å². The molecule has 0 aliphatic heterocycles. The molecule has 1 aliphatic carbocycles. The molecule has 1 nitrogen and oxygen atoms in total. The molecule has 0 amide bonds. The molecule has 1 saturated carbocycles. The highest BCUT2D eigenvalue weighted by Crippen LogP contribution is 2.21. The van der Waals surface area contributed by atoms with Crippen molar-refractivity contribution in [3.8, 4) is 0 Å². The van der Waals surface area contributed by atoms with Crippen molar-refractivity contribution >= 4 is 17.3 Å². The van der Waals surface area contributed by atoms with Crippen molar-refractivity contribution in [3.63, 3.8) is 0 Å². The van der Waals surface area contributed by atoms with Crippen molar-refractivity contribution in [3.05, 3.63) is 29.3 Å². The van der Waals surface area contributed by atoms with Crippen molar-refractivity contribution in [2.45, 2.75) is 44.6 Å². The zero-order valence-electron chi connectivity index (χ0n) is 9.01. The van der Waals surface area contributed by atoms with Crippen LogP contribution in [0.1, 0.15) is 38.5 Å². The number of rotatable bonds is 2. The Balaban J connectivity index is 1.92. The standard InChI is InChI=1S/C13H18ClN/c14-11-7-9-13(10-8-11)15-12-5-3-1-2-4-6-12/h7-10,12,15H,1-6H2. The summed E-state index contributed by atoms with van der Waals surface area (Å²) in [6, 6.07) is 8.68. The van der Waals surface area contributed by atoms with Crippen LogP contribution in [0.25, 0.3) is 0 Å². The Kier molecular flexibility index (Phi) is 3.90. The predicted octanol–water partition coefficient (Wildman–Crippen LogP) is 4.47. The van der Waals surface area contributed by atoms with Crippen molar-refractivity contribution in [1.82, 2.24) is 0 Å². The molecular weight excluding hydrogens is 206 g/mol. The van der Waals surface area contributed by atoms with Crippen molar-refractivity contribution < 1.29 is 0 Å². The van der Waals surface area contributed by atoms with E-state index in [0.29, 0.717) is 6.04 Å². The van der Waals surface area contributed by atoms with Gasteiger partial charge in [0.2, 0.25) is 0 Å². The van der Waals surface area contributed by atoms with Gasteiger partial charge in [-0.3, -0.25) is 0 Å². The number of benzene rings is 1. The molecule has 1 aromatic carbocycles. The summed E-state index contributed by atoms with van der Waals surface area (Å²) in [5.74, 6) is 0. The highest BCUT2D eigenvalue weighted by atomic mass is 35.5. The maximum absolute atomic E-state index is 5.85. The van der Waals surface area contributed by atoms with Gasteiger partial charge in [0.15, 0.2) is 0 Å². The monoisotopic (exact) mass is 223 g/mol. The fourth-order valence-corrected chi connectivity index (χ4v) is 2.33. The number of anilines is 1. The van der Waals surface area contributed by atoms with E-state index in [4.69, 9.17) is 11.6 Å². The second kappa shape index (κ2) is 5.41. The maximum atomic E-state index is 5.85. The summed E-state index contributed by atoms with van der Waals surface area (Å²) in [6.45, 7) is 0. The third kappa shape index (κ3) is 3.42. The first kappa shape index (κ1) is 10.8. The molecular formula is C13H18ClN. The quantitative estimate of drug-likeness (QED) is 0.730. The van der Waals surface area contributed by atoms with E-state index in [1.54, 1.807) is 0 Å². The van der Waals surface area contributed by atoms with E-state index in [9.17, 15) is 0 Å². The van der Waals surface area contributed by atoms with Crippen LogP contribution in [0.3, 0.4) is 0 Å². The van der Waals surface area contributed by atoms with Gasteiger partial charge < -0.3 is 5.32 Å². The van der Waals surface area contributed by atoms with Crippen molar-refractivity contribution in [1.29, 1.82) is 0 Å². The number of hydrogen-bond acceptors (Lipinski definition) is 1. The summed E-state index contributed by atoms with van der Waals surface area (Å²) in [7, 11) is 0. The van der Waals surface area contributed by atoms with E-state index < -0.39 is 0 Å². The van der Waals surface area contributed by atoms with Gasteiger partial charge in [0.05, 0.1) is 0 Å². The first-order chi connectivity index (χ1) is 7.34. The van der Waals surface area contributed by atoms with Gasteiger partial charge >= 0.3 is 0 Å². The van der Waals surface area contributed by atoms with Crippen LogP contribution >= 0.6 is 11.6 Å². The molecule has 82 valence electrons. The zero-order chi connectivity index (χ0) is 10.5. The minimum absolute atomic E-state index is 0.661. The zero-order valence-corrected chi connectivity index (χ0v) is 9.76. The highest BCUT2D eigenvalue weighted by molar-refractivity contribution is 6.30. The van der Waals surface area contributed by atoms with Crippen LogP contribution in [0.2, 0.25) is 5.02 Å². The molecule has 0 spiro atoms. The van der Waals surface area contributed by atoms with Crippen LogP contribution in [0.4, 0.5) is 5.69 Å². The SMILES string of the molecule is Clc1ccc(NC2CCCCCC2)cc1. The number of nitrogens with one attached hydrogen (secondary N) is 1. The predicted molar refractivity (Wildman–Crippen MR) is 66.6 cm³/mol. The molecule has 1 aliphatic rings. The molecule has 0 aromatic heterocycles. The second-order valence-corrected chi connectivity index (χ2v) is 4.78. The molecule has 1 fully saturated rings. The lowest BCUT2D eigenvalue weighted by molar-refractivity contribution is 0.620. The van der Waals surface area contributed by atoms with E-state index in [0.717, 1.165) is 5.02 Å². The van der Waals surface area contributed by atoms with Crippen molar-refractivity contribution in [2.24, 2.45) is 0 Å². The number of halogens is 1. The Morgan fingerprint density at radius 3 is 2.13 bits per heavy atom. The lowest BCUT2D eigenvalue weighted by Gasteiger charge is -2.17. The smallest absolute Gasteiger partial charge is 0.0407 e. The summed E-state index contributed by atoms with van der Waals surface area (Å²) in [5, 5.41) is 4.40. The Morgan fingerprint density at radius 2 is 1.53 bits per heavy atom. The average Bonchev–Trinajstić information content (AvgIpc) is 2.50. The van der Waals surface area contributed by atoms with E-state index >= 15 is 0 Å². The highest BCUT2D eigenvalue weighted by Gasteiger charge is 2.11. The molecule has 15 heavy (non-hydrogen) atoms. The van der Waals surface area contributed by atoms with E-state index in [1.807, 2.05) is 12.1 Å². The van der Waals surface area contributed by atoms with E-state index in [1.165, 1.54) is 44.2 Å². The fraction of sp³-hybridized carbons (Fsp3) is 0.538. The molecule has 0 unspecified atom stereocenters. The fourth-order valence-electron chi connectivity index (χ4n) is 2.21. The Labute approximate surface area is 96.8 Å². The number of hydrogen-bond donors (Lipinski definition) is 1. The summed E-state index contributed by atoms with van der Waals surface area (Å²) in [5.41, 5.74) is 1.20. The van der Waals surface area contributed by atoms with Crippen LogP contribution in [-0.2, 0) is 0 Å². The largest absolute Gasteiger partial charge is 0.382 e. The van der Waals surface area contributed by atoms with Gasteiger partial charge in [-0.1, -0.05) is 37.3 Å². The third-order valence-electron chi connectivity index (χ3n) is 3.07. The van der Waals surface area contributed by atoms with Gasteiger partial charge in [0.1, 0.15) is 0 Å². The average molecular weight is 224 g/mol.